The van der Waals surface area contributed by atoms with Crippen molar-refractivity contribution in [3.63, 3.8) is 0 Å². The van der Waals surface area contributed by atoms with E-state index in [2.05, 4.69) is 37.4 Å². The first-order chi connectivity index (χ1) is 9.20. The monoisotopic (exact) mass is 257 g/mol. The van der Waals surface area contributed by atoms with Crippen molar-refractivity contribution in [3.05, 3.63) is 34.9 Å². The summed E-state index contributed by atoms with van der Waals surface area (Å²) < 4.78 is 0. The molecule has 0 heterocycles. The summed E-state index contributed by atoms with van der Waals surface area (Å²) >= 11 is 0. The summed E-state index contributed by atoms with van der Waals surface area (Å²) in [5.74, 6) is 1.83. The maximum absolute atomic E-state index is 3.74. The first-order valence-electron chi connectivity index (χ1n) is 8.01. The Kier molecular flexibility index (Phi) is 3.93. The first kappa shape index (κ1) is 13.2. The van der Waals surface area contributed by atoms with E-state index in [9.17, 15) is 0 Å². The number of hydrogen-bond donors (Lipinski definition) is 1. The third kappa shape index (κ3) is 3.60. The van der Waals surface area contributed by atoms with E-state index < -0.39 is 0 Å². The highest BCUT2D eigenvalue weighted by molar-refractivity contribution is 5.29. The molecule has 0 amide bonds. The van der Waals surface area contributed by atoms with Crippen LogP contribution in [0.3, 0.4) is 0 Å². The molecule has 19 heavy (non-hydrogen) atoms. The second kappa shape index (κ2) is 5.66. The lowest BCUT2D eigenvalue weighted by Gasteiger charge is -2.20. The van der Waals surface area contributed by atoms with E-state index in [1.807, 2.05) is 0 Å². The highest BCUT2D eigenvalue weighted by Crippen LogP contribution is 2.34. The van der Waals surface area contributed by atoms with Gasteiger partial charge < -0.3 is 5.32 Å². The first-order valence-corrected chi connectivity index (χ1v) is 8.01. The van der Waals surface area contributed by atoms with Crippen LogP contribution in [-0.2, 0) is 6.42 Å². The third-order valence-electron chi connectivity index (χ3n) is 4.84. The van der Waals surface area contributed by atoms with Crippen LogP contribution in [0.1, 0.15) is 48.8 Å². The molecule has 1 heteroatoms. The highest BCUT2D eigenvalue weighted by atomic mass is 14.9. The van der Waals surface area contributed by atoms with Gasteiger partial charge in [-0.25, -0.2) is 0 Å². The summed E-state index contributed by atoms with van der Waals surface area (Å²) in [5.41, 5.74) is 4.39. The van der Waals surface area contributed by atoms with Gasteiger partial charge in [0, 0.05) is 6.04 Å². The molecule has 2 aliphatic rings. The van der Waals surface area contributed by atoms with Gasteiger partial charge in [-0.1, -0.05) is 35.7 Å². The molecule has 0 spiro atoms. The molecule has 2 fully saturated rings. The molecule has 1 aromatic carbocycles. The number of rotatable bonds is 5. The molecule has 2 aliphatic carbocycles. The van der Waals surface area contributed by atoms with Crippen molar-refractivity contribution in [2.45, 2.75) is 58.4 Å². The van der Waals surface area contributed by atoms with Crippen LogP contribution in [0.15, 0.2) is 18.2 Å². The molecule has 1 nitrogen and oxygen atoms in total. The summed E-state index contributed by atoms with van der Waals surface area (Å²) in [4.78, 5) is 0. The average molecular weight is 257 g/mol. The Morgan fingerprint density at radius 2 is 1.63 bits per heavy atom. The van der Waals surface area contributed by atoms with Crippen molar-refractivity contribution in [1.29, 1.82) is 0 Å². The SMILES string of the molecule is Cc1cc(C)cc(CC2CCCC2CNC2CC2)c1. The van der Waals surface area contributed by atoms with Crippen LogP contribution >= 0.6 is 0 Å². The number of aryl methyl sites for hydroxylation is 2. The van der Waals surface area contributed by atoms with Crippen LogP contribution in [0.5, 0.6) is 0 Å². The molecule has 2 saturated carbocycles. The van der Waals surface area contributed by atoms with Crippen molar-refractivity contribution >= 4 is 0 Å². The molecule has 0 radical (unpaired) electrons. The second-order valence-corrected chi connectivity index (χ2v) is 6.83. The zero-order chi connectivity index (χ0) is 13.2. The van der Waals surface area contributed by atoms with Gasteiger partial charge in [0.05, 0.1) is 0 Å². The summed E-state index contributed by atoms with van der Waals surface area (Å²) in [7, 11) is 0. The Labute approximate surface area is 117 Å². The lowest BCUT2D eigenvalue weighted by Crippen LogP contribution is -2.27. The molecule has 1 N–H and O–H groups in total. The minimum absolute atomic E-state index is 0.863. The van der Waals surface area contributed by atoms with Gasteiger partial charge in [0.1, 0.15) is 0 Å². The average Bonchev–Trinajstić information content (AvgIpc) is 3.07. The van der Waals surface area contributed by atoms with Crippen molar-refractivity contribution < 1.29 is 0 Å². The van der Waals surface area contributed by atoms with Crippen LogP contribution < -0.4 is 5.32 Å². The molecule has 0 aliphatic heterocycles. The van der Waals surface area contributed by atoms with Crippen LogP contribution in [0.4, 0.5) is 0 Å². The zero-order valence-electron chi connectivity index (χ0n) is 12.4. The van der Waals surface area contributed by atoms with Crippen LogP contribution in [-0.4, -0.2) is 12.6 Å². The van der Waals surface area contributed by atoms with Gasteiger partial charge in [0.25, 0.3) is 0 Å². The van der Waals surface area contributed by atoms with E-state index in [1.165, 1.54) is 56.2 Å². The number of benzene rings is 1. The van der Waals surface area contributed by atoms with Crippen molar-refractivity contribution in [2.75, 3.05) is 6.54 Å². The third-order valence-corrected chi connectivity index (χ3v) is 4.84. The quantitative estimate of drug-likeness (QED) is 0.840. The summed E-state index contributed by atoms with van der Waals surface area (Å²) in [6, 6.07) is 7.92. The van der Waals surface area contributed by atoms with E-state index in [-0.39, 0.29) is 0 Å². The van der Waals surface area contributed by atoms with Gasteiger partial charge in [-0.2, -0.15) is 0 Å². The lowest BCUT2D eigenvalue weighted by molar-refractivity contribution is 0.364. The molecule has 0 aromatic heterocycles. The maximum atomic E-state index is 3.74. The fourth-order valence-electron chi connectivity index (χ4n) is 3.75. The molecular weight excluding hydrogens is 230 g/mol. The highest BCUT2D eigenvalue weighted by Gasteiger charge is 2.29. The van der Waals surface area contributed by atoms with Gasteiger partial charge in [-0.15, -0.1) is 0 Å². The molecule has 1 aromatic rings. The van der Waals surface area contributed by atoms with E-state index in [1.54, 1.807) is 5.56 Å². The molecule has 3 rings (SSSR count). The van der Waals surface area contributed by atoms with Gasteiger partial charge in [-0.05, 0) is 69.9 Å². The normalized spacial score (nSPS) is 26.8. The van der Waals surface area contributed by atoms with Crippen molar-refractivity contribution in [3.8, 4) is 0 Å². The Morgan fingerprint density at radius 1 is 0.947 bits per heavy atom. The molecular formula is C18H27N. The van der Waals surface area contributed by atoms with E-state index in [4.69, 9.17) is 0 Å². The second-order valence-electron chi connectivity index (χ2n) is 6.83. The molecule has 0 saturated heterocycles. The fourth-order valence-corrected chi connectivity index (χ4v) is 3.75. The van der Waals surface area contributed by atoms with E-state index in [0.29, 0.717) is 0 Å². The smallest absolute Gasteiger partial charge is 0.00683 e. The minimum atomic E-state index is 0.863. The fraction of sp³-hybridized carbons (Fsp3) is 0.667. The minimum Gasteiger partial charge on any atom is -0.314 e. The summed E-state index contributed by atoms with van der Waals surface area (Å²) in [6.07, 6.45) is 8.42. The molecule has 2 atom stereocenters. The van der Waals surface area contributed by atoms with Gasteiger partial charge in [0.2, 0.25) is 0 Å². The van der Waals surface area contributed by atoms with Gasteiger partial charge >= 0.3 is 0 Å². The topological polar surface area (TPSA) is 12.0 Å². The Morgan fingerprint density at radius 3 is 2.32 bits per heavy atom. The number of hydrogen-bond acceptors (Lipinski definition) is 1. The maximum Gasteiger partial charge on any atom is 0.00683 e. The number of nitrogens with one attached hydrogen (secondary N) is 1. The molecule has 0 bridgehead atoms. The molecule has 104 valence electrons. The van der Waals surface area contributed by atoms with Crippen LogP contribution in [0.25, 0.3) is 0 Å². The van der Waals surface area contributed by atoms with Crippen LogP contribution in [0.2, 0.25) is 0 Å². The van der Waals surface area contributed by atoms with Gasteiger partial charge in [0.15, 0.2) is 0 Å². The zero-order valence-corrected chi connectivity index (χ0v) is 12.4. The lowest BCUT2D eigenvalue weighted by atomic mass is 9.88. The summed E-state index contributed by atoms with van der Waals surface area (Å²) in [6.45, 7) is 5.70. The van der Waals surface area contributed by atoms with Crippen LogP contribution in [0, 0.1) is 25.7 Å². The largest absolute Gasteiger partial charge is 0.314 e. The standard InChI is InChI=1S/C18H27N/c1-13-8-14(2)10-15(9-13)11-16-4-3-5-17(16)12-19-18-6-7-18/h8-10,16-19H,3-7,11-12H2,1-2H3. The Bertz CT molecular complexity index is 413. The molecule has 2 unspecified atom stereocenters. The predicted octanol–water partition coefficient (Wildman–Crippen LogP) is 4.01. The van der Waals surface area contributed by atoms with Gasteiger partial charge in [-0.3, -0.25) is 0 Å². The predicted molar refractivity (Wildman–Crippen MR) is 81.5 cm³/mol. The Hall–Kier alpha value is -0.820. The van der Waals surface area contributed by atoms with E-state index >= 15 is 0 Å². The Balaban J connectivity index is 1.60. The summed E-state index contributed by atoms with van der Waals surface area (Å²) in [5, 5.41) is 3.74. The van der Waals surface area contributed by atoms with Crippen molar-refractivity contribution in [2.24, 2.45) is 11.8 Å². The van der Waals surface area contributed by atoms with Crippen molar-refractivity contribution in [1.82, 2.24) is 5.32 Å². The van der Waals surface area contributed by atoms with E-state index in [0.717, 1.165) is 17.9 Å².